The monoisotopic (exact) mass is 181 g/mol. The minimum absolute atomic E-state index is 0.384. The molecular weight excluding hydrogens is 158 g/mol. The topological polar surface area (TPSA) is 26.0 Å². The van der Waals surface area contributed by atoms with Crippen LogP contribution < -0.4 is 5.73 Å². The fraction of sp³-hybridized carbons (Fsp3) is 1.00. The Labute approximate surface area is 82.1 Å². The number of rotatable bonds is 1. The van der Waals surface area contributed by atoms with Gasteiger partial charge < -0.3 is 5.73 Å². The van der Waals surface area contributed by atoms with Crippen LogP contribution >= 0.6 is 0 Å². The predicted molar refractivity (Wildman–Crippen MR) is 56.4 cm³/mol. The van der Waals surface area contributed by atoms with Gasteiger partial charge in [-0.05, 0) is 48.9 Å². The van der Waals surface area contributed by atoms with E-state index in [1.54, 1.807) is 0 Å². The lowest BCUT2D eigenvalue weighted by Gasteiger charge is -2.41. The second kappa shape index (κ2) is 2.50. The van der Waals surface area contributed by atoms with E-state index >= 15 is 0 Å². The predicted octanol–water partition coefficient (Wildman–Crippen LogP) is 2.80. The first kappa shape index (κ1) is 9.51. The molecule has 2 rings (SSSR count). The summed E-state index contributed by atoms with van der Waals surface area (Å²) >= 11 is 0. The van der Waals surface area contributed by atoms with Gasteiger partial charge in [0.2, 0.25) is 0 Å². The molecule has 0 aliphatic heterocycles. The van der Waals surface area contributed by atoms with Crippen molar-refractivity contribution < 1.29 is 0 Å². The highest BCUT2D eigenvalue weighted by Crippen LogP contribution is 2.68. The molecule has 1 nitrogen and oxygen atoms in total. The summed E-state index contributed by atoms with van der Waals surface area (Å²) in [4.78, 5) is 0. The third-order valence-electron chi connectivity index (χ3n) is 5.50. The van der Waals surface area contributed by atoms with E-state index in [0.717, 1.165) is 11.8 Å². The van der Waals surface area contributed by atoms with E-state index < -0.39 is 0 Å². The largest absolute Gasteiger partial charge is 0.328 e. The molecular formula is C12H23N. The van der Waals surface area contributed by atoms with Crippen LogP contribution in [0.5, 0.6) is 0 Å². The van der Waals surface area contributed by atoms with Crippen molar-refractivity contribution >= 4 is 0 Å². The van der Waals surface area contributed by atoms with Crippen molar-refractivity contribution in [2.24, 2.45) is 28.4 Å². The lowest BCUT2D eigenvalue weighted by Crippen LogP contribution is -2.40. The summed E-state index contributed by atoms with van der Waals surface area (Å²) in [6.07, 6.45) is 4.21. The summed E-state index contributed by atoms with van der Waals surface area (Å²) in [6.45, 7) is 9.56. The van der Waals surface area contributed by atoms with E-state index in [2.05, 4.69) is 27.7 Å². The lowest BCUT2D eigenvalue weighted by molar-refractivity contribution is 0.0911. The molecule has 0 aromatic rings. The fourth-order valence-corrected chi connectivity index (χ4v) is 4.06. The number of fused-ring (bicyclic) bond motifs is 2. The Kier molecular flexibility index (Phi) is 1.83. The molecule has 0 heterocycles. The maximum atomic E-state index is 6.09. The van der Waals surface area contributed by atoms with Crippen molar-refractivity contribution in [1.29, 1.82) is 0 Å². The van der Waals surface area contributed by atoms with Crippen LogP contribution in [0.2, 0.25) is 0 Å². The molecule has 2 aliphatic carbocycles. The van der Waals surface area contributed by atoms with Gasteiger partial charge in [-0.2, -0.15) is 0 Å². The molecule has 76 valence electrons. The summed E-state index contributed by atoms with van der Waals surface area (Å²) in [6, 6.07) is 0.384. The van der Waals surface area contributed by atoms with Crippen molar-refractivity contribution in [2.45, 2.75) is 53.0 Å². The minimum atomic E-state index is 0.384. The van der Waals surface area contributed by atoms with E-state index in [0.29, 0.717) is 16.9 Å². The standard InChI is InChI=1S/C12H23N/c1-8(13)10-7-9-5-6-12(10,4)11(9,2)3/h8-10H,5-7,13H2,1-4H3/t8-,9+,10+,12+/m0/s1. The third-order valence-corrected chi connectivity index (χ3v) is 5.50. The molecule has 0 saturated heterocycles. The third kappa shape index (κ3) is 0.971. The van der Waals surface area contributed by atoms with Gasteiger partial charge in [0, 0.05) is 6.04 Å². The van der Waals surface area contributed by atoms with E-state index in [1.165, 1.54) is 19.3 Å². The number of hydrogen-bond acceptors (Lipinski definition) is 1. The number of hydrogen-bond donors (Lipinski definition) is 1. The van der Waals surface area contributed by atoms with Crippen LogP contribution in [0.1, 0.15) is 47.0 Å². The molecule has 0 aromatic heterocycles. The van der Waals surface area contributed by atoms with Gasteiger partial charge in [0.1, 0.15) is 0 Å². The van der Waals surface area contributed by atoms with Gasteiger partial charge in [-0.3, -0.25) is 0 Å². The highest BCUT2D eigenvalue weighted by molar-refractivity contribution is 5.11. The van der Waals surface area contributed by atoms with Crippen molar-refractivity contribution in [3.05, 3.63) is 0 Å². The smallest absolute Gasteiger partial charge is 0.00442 e. The Morgan fingerprint density at radius 1 is 1.31 bits per heavy atom. The Morgan fingerprint density at radius 2 is 1.92 bits per heavy atom. The summed E-state index contributed by atoms with van der Waals surface area (Å²) in [5.41, 5.74) is 7.14. The van der Waals surface area contributed by atoms with Gasteiger partial charge in [-0.15, -0.1) is 0 Å². The molecule has 2 bridgehead atoms. The molecule has 2 N–H and O–H groups in total. The summed E-state index contributed by atoms with van der Waals surface area (Å²) in [7, 11) is 0. The average Bonchev–Trinajstić information content (AvgIpc) is 2.34. The van der Waals surface area contributed by atoms with Crippen LogP contribution in [-0.2, 0) is 0 Å². The van der Waals surface area contributed by atoms with Gasteiger partial charge in [0.25, 0.3) is 0 Å². The summed E-state index contributed by atoms with van der Waals surface area (Å²) in [5.74, 6) is 1.70. The summed E-state index contributed by atoms with van der Waals surface area (Å²) < 4.78 is 0. The van der Waals surface area contributed by atoms with Crippen molar-refractivity contribution in [1.82, 2.24) is 0 Å². The van der Waals surface area contributed by atoms with Crippen LogP contribution in [0.25, 0.3) is 0 Å². The molecule has 0 spiro atoms. The van der Waals surface area contributed by atoms with Gasteiger partial charge in [0.15, 0.2) is 0 Å². The Bertz CT molecular complexity index is 219. The molecule has 0 radical (unpaired) electrons. The molecule has 13 heavy (non-hydrogen) atoms. The van der Waals surface area contributed by atoms with E-state index in [1.807, 2.05) is 0 Å². The SMILES string of the molecule is C[C@H](N)[C@H]1C[C@H]2CC[C@@]1(C)C2(C)C. The lowest BCUT2D eigenvalue weighted by atomic mass is 9.65. The summed E-state index contributed by atoms with van der Waals surface area (Å²) in [5, 5.41) is 0. The maximum Gasteiger partial charge on any atom is 0.00442 e. The van der Waals surface area contributed by atoms with Crippen LogP contribution in [0, 0.1) is 22.7 Å². The van der Waals surface area contributed by atoms with Crippen LogP contribution in [0.4, 0.5) is 0 Å². The Hall–Kier alpha value is -0.0400. The Morgan fingerprint density at radius 3 is 2.15 bits per heavy atom. The zero-order valence-electron chi connectivity index (χ0n) is 9.43. The number of nitrogens with two attached hydrogens (primary N) is 1. The van der Waals surface area contributed by atoms with Gasteiger partial charge >= 0.3 is 0 Å². The molecule has 0 unspecified atom stereocenters. The minimum Gasteiger partial charge on any atom is -0.328 e. The molecule has 2 fully saturated rings. The first-order valence-corrected chi connectivity index (χ1v) is 5.65. The Balaban J connectivity index is 2.33. The molecule has 4 atom stereocenters. The van der Waals surface area contributed by atoms with Gasteiger partial charge in [-0.1, -0.05) is 20.8 Å². The molecule has 2 saturated carbocycles. The average molecular weight is 181 g/mol. The highest BCUT2D eigenvalue weighted by atomic mass is 14.7. The van der Waals surface area contributed by atoms with Crippen LogP contribution in [0.3, 0.4) is 0 Å². The van der Waals surface area contributed by atoms with Crippen LogP contribution in [0.15, 0.2) is 0 Å². The van der Waals surface area contributed by atoms with E-state index in [9.17, 15) is 0 Å². The highest BCUT2D eigenvalue weighted by Gasteiger charge is 2.61. The molecule has 0 aromatic carbocycles. The first-order valence-electron chi connectivity index (χ1n) is 5.65. The maximum absolute atomic E-state index is 6.09. The van der Waals surface area contributed by atoms with Crippen LogP contribution in [-0.4, -0.2) is 6.04 Å². The molecule has 2 aliphatic rings. The first-order chi connectivity index (χ1) is 5.89. The van der Waals surface area contributed by atoms with Crippen molar-refractivity contribution in [3.63, 3.8) is 0 Å². The van der Waals surface area contributed by atoms with Crippen molar-refractivity contribution in [3.8, 4) is 0 Å². The quantitative estimate of drug-likeness (QED) is 0.661. The van der Waals surface area contributed by atoms with Crippen molar-refractivity contribution in [2.75, 3.05) is 0 Å². The molecule has 1 heteroatoms. The zero-order chi connectivity index (χ0) is 9.85. The van der Waals surface area contributed by atoms with E-state index in [-0.39, 0.29) is 0 Å². The van der Waals surface area contributed by atoms with E-state index in [4.69, 9.17) is 5.73 Å². The molecule has 0 amide bonds. The zero-order valence-corrected chi connectivity index (χ0v) is 9.43. The fourth-order valence-electron chi connectivity index (χ4n) is 4.06. The van der Waals surface area contributed by atoms with Gasteiger partial charge in [0.05, 0.1) is 0 Å². The normalized spacial score (nSPS) is 49.6. The van der Waals surface area contributed by atoms with Gasteiger partial charge in [-0.25, -0.2) is 0 Å². The second-order valence-electron chi connectivity index (χ2n) is 6.08. The second-order valence-corrected chi connectivity index (χ2v) is 6.08.